The number of pyridine rings is 1. The van der Waals surface area contributed by atoms with Crippen molar-refractivity contribution in [2.24, 2.45) is 0 Å². The summed E-state index contributed by atoms with van der Waals surface area (Å²) in [4.78, 5) is 4.09. The molecule has 2 atom stereocenters. The second-order valence-electron chi connectivity index (χ2n) is 4.35. The molecule has 1 aliphatic rings. The van der Waals surface area contributed by atoms with Crippen LogP contribution in [0.3, 0.4) is 0 Å². The van der Waals surface area contributed by atoms with E-state index in [0.717, 1.165) is 25.7 Å². The van der Waals surface area contributed by atoms with Crippen LogP contribution in [0.1, 0.15) is 31.2 Å². The number of methoxy groups -OCH3 is 1. The first kappa shape index (κ1) is 13.1. The highest BCUT2D eigenvalue weighted by atomic mass is 35.5. The number of aromatic nitrogens is 1. The molecule has 96 valence electrons. The summed E-state index contributed by atoms with van der Waals surface area (Å²) in [5.41, 5.74) is 0.390. The Morgan fingerprint density at radius 2 is 2.22 bits per heavy atom. The third-order valence-electron chi connectivity index (χ3n) is 3.17. The first-order valence-corrected chi connectivity index (χ1v) is 6.36. The second kappa shape index (κ2) is 6.03. The molecule has 18 heavy (non-hydrogen) atoms. The third kappa shape index (κ3) is 2.92. The molecule has 1 aromatic heterocycles. The van der Waals surface area contributed by atoms with Gasteiger partial charge in [0.25, 0.3) is 0 Å². The Balaban J connectivity index is 2.07. The largest absolute Gasteiger partial charge is 0.473 e. The highest BCUT2D eigenvalue weighted by Gasteiger charge is 2.24. The molecule has 0 spiro atoms. The van der Waals surface area contributed by atoms with Gasteiger partial charge in [-0.1, -0.05) is 11.6 Å². The summed E-state index contributed by atoms with van der Waals surface area (Å²) in [6, 6.07) is 3.59. The zero-order chi connectivity index (χ0) is 13.0. The van der Waals surface area contributed by atoms with Crippen molar-refractivity contribution >= 4 is 11.6 Å². The van der Waals surface area contributed by atoms with Gasteiger partial charge >= 0.3 is 0 Å². The number of rotatable bonds is 3. The van der Waals surface area contributed by atoms with Crippen molar-refractivity contribution in [2.45, 2.75) is 37.9 Å². The summed E-state index contributed by atoms with van der Waals surface area (Å²) in [5.74, 6) is 0.345. The molecule has 0 radical (unpaired) electrons. The van der Waals surface area contributed by atoms with Crippen LogP contribution in [-0.2, 0) is 4.74 Å². The molecule has 2 unspecified atom stereocenters. The fraction of sp³-hybridized carbons (Fsp3) is 0.538. The summed E-state index contributed by atoms with van der Waals surface area (Å²) < 4.78 is 11.1. The van der Waals surface area contributed by atoms with Gasteiger partial charge in [-0.25, -0.2) is 4.98 Å². The van der Waals surface area contributed by atoms with Crippen LogP contribution in [0.15, 0.2) is 12.3 Å². The predicted molar refractivity (Wildman–Crippen MR) is 67.6 cm³/mol. The molecule has 1 heterocycles. The Labute approximate surface area is 111 Å². The van der Waals surface area contributed by atoms with Crippen LogP contribution in [0, 0.1) is 11.3 Å². The van der Waals surface area contributed by atoms with Crippen molar-refractivity contribution in [2.75, 3.05) is 7.11 Å². The molecule has 0 aromatic carbocycles. The van der Waals surface area contributed by atoms with E-state index in [9.17, 15) is 0 Å². The van der Waals surface area contributed by atoms with Gasteiger partial charge in [-0.3, -0.25) is 0 Å². The molecular weight excluding hydrogens is 252 g/mol. The SMILES string of the molecule is COC1CCCC(Oc2nccc(C#N)c2Cl)C1. The third-order valence-corrected chi connectivity index (χ3v) is 3.53. The molecule has 0 aliphatic heterocycles. The lowest BCUT2D eigenvalue weighted by Crippen LogP contribution is -2.29. The van der Waals surface area contributed by atoms with E-state index in [1.165, 1.54) is 6.20 Å². The number of hydrogen-bond donors (Lipinski definition) is 0. The smallest absolute Gasteiger partial charge is 0.234 e. The van der Waals surface area contributed by atoms with Crippen molar-refractivity contribution < 1.29 is 9.47 Å². The minimum Gasteiger partial charge on any atom is -0.473 e. The Kier molecular flexibility index (Phi) is 4.40. The molecule has 0 saturated heterocycles. The van der Waals surface area contributed by atoms with Gasteiger partial charge in [0.15, 0.2) is 0 Å². The maximum absolute atomic E-state index is 8.89. The first-order valence-electron chi connectivity index (χ1n) is 5.98. The van der Waals surface area contributed by atoms with Crippen LogP contribution >= 0.6 is 11.6 Å². The van der Waals surface area contributed by atoms with Crippen LogP contribution in [0.5, 0.6) is 5.88 Å². The molecular formula is C13H15ClN2O2. The minimum atomic E-state index is 0.0580. The van der Waals surface area contributed by atoms with E-state index in [1.807, 2.05) is 6.07 Å². The average Bonchev–Trinajstić information content (AvgIpc) is 2.41. The molecule has 2 rings (SSSR count). The van der Waals surface area contributed by atoms with Crippen LogP contribution in [-0.4, -0.2) is 24.3 Å². The summed E-state index contributed by atoms with van der Waals surface area (Å²) >= 11 is 6.06. The lowest BCUT2D eigenvalue weighted by molar-refractivity contribution is 0.0195. The van der Waals surface area contributed by atoms with Crippen molar-refractivity contribution in [3.63, 3.8) is 0 Å². The van der Waals surface area contributed by atoms with Gasteiger partial charge in [0.2, 0.25) is 5.88 Å². The number of halogens is 1. The monoisotopic (exact) mass is 266 g/mol. The predicted octanol–water partition coefficient (Wildman–Crippen LogP) is 2.94. The zero-order valence-electron chi connectivity index (χ0n) is 10.2. The number of hydrogen-bond acceptors (Lipinski definition) is 4. The topological polar surface area (TPSA) is 55.1 Å². The Morgan fingerprint density at radius 1 is 1.44 bits per heavy atom. The van der Waals surface area contributed by atoms with Crippen molar-refractivity contribution in [1.82, 2.24) is 4.98 Å². The second-order valence-corrected chi connectivity index (χ2v) is 4.73. The molecule has 1 fully saturated rings. The molecule has 1 aromatic rings. The molecule has 5 heteroatoms. The fourth-order valence-corrected chi connectivity index (χ4v) is 2.37. The van der Waals surface area contributed by atoms with E-state index in [0.29, 0.717) is 16.5 Å². The Hall–Kier alpha value is -1.31. The molecule has 0 bridgehead atoms. The van der Waals surface area contributed by atoms with Crippen LogP contribution in [0.2, 0.25) is 5.02 Å². The van der Waals surface area contributed by atoms with Crippen LogP contribution < -0.4 is 4.74 Å². The Bertz CT molecular complexity index is 459. The standard InChI is InChI=1S/C13H15ClN2O2/c1-17-10-3-2-4-11(7-10)18-13-12(14)9(8-15)5-6-16-13/h5-6,10-11H,2-4,7H2,1H3. The van der Waals surface area contributed by atoms with Gasteiger partial charge in [-0.2, -0.15) is 5.26 Å². The van der Waals surface area contributed by atoms with E-state index < -0.39 is 0 Å². The van der Waals surface area contributed by atoms with Gasteiger partial charge in [0.05, 0.1) is 11.7 Å². The minimum absolute atomic E-state index is 0.0580. The summed E-state index contributed by atoms with van der Waals surface area (Å²) in [7, 11) is 1.72. The average molecular weight is 267 g/mol. The van der Waals surface area contributed by atoms with E-state index in [2.05, 4.69) is 4.98 Å². The summed E-state index contributed by atoms with van der Waals surface area (Å²) in [6.45, 7) is 0. The van der Waals surface area contributed by atoms with Crippen LogP contribution in [0.25, 0.3) is 0 Å². The van der Waals surface area contributed by atoms with Gasteiger partial charge in [0, 0.05) is 19.7 Å². The Morgan fingerprint density at radius 3 is 2.94 bits per heavy atom. The highest BCUT2D eigenvalue weighted by Crippen LogP contribution is 2.29. The zero-order valence-corrected chi connectivity index (χ0v) is 11.0. The molecule has 1 aliphatic carbocycles. The van der Waals surface area contributed by atoms with Crippen LogP contribution in [0.4, 0.5) is 0 Å². The molecule has 0 amide bonds. The summed E-state index contributed by atoms with van der Waals surface area (Å²) in [6.07, 6.45) is 5.77. The van der Waals surface area contributed by atoms with Gasteiger partial charge in [-0.15, -0.1) is 0 Å². The van der Waals surface area contributed by atoms with Crippen molar-refractivity contribution in [3.8, 4) is 11.9 Å². The van der Waals surface area contributed by atoms with E-state index in [-0.39, 0.29) is 12.2 Å². The van der Waals surface area contributed by atoms with Crippen molar-refractivity contribution in [3.05, 3.63) is 22.8 Å². The van der Waals surface area contributed by atoms with E-state index in [1.54, 1.807) is 13.2 Å². The maximum atomic E-state index is 8.89. The number of ether oxygens (including phenoxy) is 2. The van der Waals surface area contributed by atoms with Crippen molar-refractivity contribution in [1.29, 1.82) is 5.26 Å². The van der Waals surface area contributed by atoms with E-state index in [4.69, 9.17) is 26.3 Å². The number of nitriles is 1. The molecule has 4 nitrogen and oxygen atoms in total. The van der Waals surface area contributed by atoms with Gasteiger partial charge < -0.3 is 9.47 Å². The van der Waals surface area contributed by atoms with Gasteiger partial charge in [0.1, 0.15) is 17.2 Å². The fourth-order valence-electron chi connectivity index (χ4n) is 2.17. The van der Waals surface area contributed by atoms with E-state index >= 15 is 0 Å². The lowest BCUT2D eigenvalue weighted by atomic mass is 9.95. The van der Waals surface area contributed by atoms with Gasteiger partial charge in [-0.05, 0) is 25.3 Å². The highest BCUT2D eigenvalue weighted by molar-refractivity contribution is 6.32. The normalized spacial score (nSPS) is 23.4. The maximum Gasteiger partial charge on any atom is 0.234 e. The molecule has 0 N–H and O–H groups in total. The first-order chi connectivity index (χ1) is 8.74. The lowest BCUT2D eigenvalue weighted by Gasteiger charge is -2.28. The quantitative estimate of drug-likeness (QED) is 0.844. The summed E-state index contributed by atoms with van der Waals surface area (Å²) in [5, 5.41) is 9.18. The number of nitrogens with zero attached hydrogens (tertiary/aromatic N) is 2. The molecule has 1 saturated carbocycles.